The Kier molecular flexibility index (Phi) is 4.60. The van der Waals surface area contributed by atoms with E-state index in [1.54, 1.807) is 47.3 Å². The molecule has 24 heavy (non-hydrogen) atoms. The van der Waals surface area contributed by atoms with Gasteiger partial charge < -0.3 is 18.9 Å². The Labute approximate surface area is 138 Å². The molecule has 0 bridgehead atoms. The van der Waals surface area contributed by atoms with Gasteiger partial charge in [0.2, 0.25) is 19.4 Å². The van der Waals surface area contributed by atoms with Gasteiger partial charge in [-0.3, -0.25) is 0 Å². The molecule has 0 amide bonds. The maximum absolute atomic E-state index is 12.1. The summed E-state index contributed by atoms with van der Waals surface area (Å²) in [6.07, 6.45) is 2.30. The van der Waals surface area contributed by atoms with Crippen LogP contribution >= 0.6 is 0 Å². The van der Waals surface area contributed by atoms with Gasteiger partial charge in [0.05, 0.1) is 7.11 Å². The molecule has 0 spiro atoms. The van der Waals surface area contributed by atoms with Crippen LogP contribution in [0.2, 0.25) is 0 Å². The molecule has 1 unspecified atom stereocenters. The Morgan fingerprint density at radius 3 is 2.67 bits per heavy atom. The van der Waals surface area contributed by atoms with Crippen LogP contribution in [0.15, 0.2) is 48.8 Å². The van der Waals surface area contributed by atoms with Gasteiger partial charge in [-0.05, 0) is 12.1 Å². The van der Waals surface area contributed by atoms with Gasteiger partial charge in [0.25, 0.3) is 0 Å². The molecule has 0 saturated heterocycles. The van der Waals surface area contributed by atoms with Crippen molar-refractivity contribution in [2.75, 3.05) is 13.9 Å². The molecule has 0 saturated carbocycles. The van der Waals surface area contributed by atoms with Gasteiger partial charge >= 0.3 is 11.9 Å². The van der Waals surface area contributed by atoms with E-state index in [9.17, 15) is 9.59 Å². The molecular weight excluding hydrogens is 314 g/mol. The number of nitrogens with zero attached hydrogens (tertiary/aromatic N) is 1. The Hall–Kier alpha value is -3.09. The molecule has 7 nitrogen and oxygen atoms in total. The summed E-state index contributed by atoms with van der Waals surface area (Å²) in [7, 11) is 1.24. The lowest BCUT2D eigenvalue weighted by molar-refractivity contribution is -0.686. The third kappa shape index (κ3) is 3.45. The Balaban J connectivity index is 1.77. The van der Waals surface area contributed by atoms with Gasteiger partial charge in [-0.2, -0.15) is 4.57 Å². The molecule has 0 radical (unpaired) electrons. The van der Waals surface area contributed by atoms with E-state index in [2.05, 4.69) is 0 Å². The average Bonchev–Trinajstić information content (AvgIpc) is 3.07. The molecule has 1 aromatic carbocycles. The summed E-state index contributed by atoms with van der Waals surface area (Å²) >= 11 is 0. The molecule has 1 atom stereocenters. The first-order valence-electron chi connectivity index (χ1n) is 7.28. The Morgan fingerprint density at radius 1 is 1.17 bits per heavy atom. The summed E-state index contributed by atoms with van der Waals surface area (Å²) in [6.45, 7) is 0.102. The van der Waals surface area contributed by atoms with E-state index in [-0.39, 0.29) is 13.3 Å². The minimum atomic E-state index is -1.17. The fourth-order valence-corrected chi connectivity index (χ4v) is 2.29. The summed E-state index contributed by atoms with van der Waals surface area (Å²) in [5.41, 5.74) is 0.456. The lowest BCUT2D eigenvalue weighted by atomic mass is 10.1. The molecule has 124 valence electrons. The largest absolute Gasteiger partial charge is 0.466 e. The lowest BCUT2D eigenvalue weighted by Crippen LogP contribution is -2.38. The van der Waals surface area contributed by atoms with Crippen molar-refractivity contribution >= 4 is 11.9 Å². The smallest absolute Gasteiger partial charge is 0.373 e. The van der Waals surface area contributed by atoms with E-state index in [1.165, 1.54) is 7.11 Å². The summed E-state index contributed by atoms with van der Waals surface area (Å²) in [4.78, 5) is 24.2. The van der Waals surface area contributed by atoms with Gasteiger partial charge in [0.1, 0.15) is 0 Å². The molecule has 1 aliphatic rings. The van der Waals surface area contributed by atoms with E-state index in [1.807, 2.05) is 6.07 Å². The monoisotopic (exact) mass is 330 g/mol. The van der Waals surface area contributed by atoms with Gasteiger partial charge in [-0.15, -0.1) is 0 Å². The van der Waals surface area contributed by atoms with Crippen molar-refractivity contribution in [2.24, 2.45) is 0 Å². The second-order valence-corrected chi connectivity index (χ2v) is 5.05. The van der Waals surface area contributed by atoms with E-state index in [0.717, 1.165) is 0 Å². The number of carbonyl (C=O) groups excluding carboxylic acids is 2. The predicted octanol–water partition coefficient (Wildman–Crippen LogP) is 1.16. The standard InChI is InChI=1S/C17H16NO6/c1-21-17(20)16(12-5-6-13-14(9-12)23-11-22-13)24-15(19)10-18-7-3-2-4-8-18/h2-9,16H,10-11H2,1H3/q+1. The van der Waals surface area contributed by atoms with Crippen LogP contribution in [0, 0.1) is 0 Å². The molecule has 1 aromatic heterocycles. The highest BCUT2D eigenvalue weighted by atomic mass is 16.7. The van der Waals surface area contributed by atoms with E-state index in [4.69, 9.17) is 18.9 Å². The minimum absolute atomic E-state index is 0.0150. The number of methoxy groups -OCH3 is 1. The Bertz CT molecular complexity index is 746. The normalized spacial score (nSPS) is 13.2. The molecule has 2 aromatic rings. The Morgan fingerprint density at radius 2 is 1.92 bits per heavy atom. The molecule has 1 aliphatic heterocycles. The van der Waals surface area contributed by atoms with Crippen molar-refractivity contribution in [3.63, 3.8) is 0 Å². The van der Waals surface area contributed by atoms with Crippen LogP contribution in [0.25, 0.3) is 0 Å². The highest BCUT2D eigenvalue weighted by molar-refractivity contribution is 5.80. The van der Waals surface area contributed by atoms with Crippen molar-refractivity contribution in [3.8, 4) is 11.5 Å². The van der Waals surface area contributed by atoms with Gasteiger partial charge in [0, 0.05) is 17.7 Å². The first-order chi connectivity index (χ1) is 11.7. The summed E-state index contributed by atoms with van der Waals surface area (Å²) in [5, 5.41) is 0. The number of fused-ring (bicyclic) bond motifs is 1. The van der Waals surface area contributed by atoms with Crippen LogP contribution in [0.5, 0.6) is 11.5 Å². The zero-order valence-electron chi connectivity index (χ0n) is 13.0. The van der Waals surface area contributed by atoms with Crippen LogP contribution in [0.3, 0.4) is 0 Å². The van der Waals surface area contributed by atoms with E-state index in [0.29, 0.717) is 17.1 Å². The molecule has 7 heteroatoms. The number of ether oxygens (including phenoxy) is 4. The maximum Gasteiger partial charge on any atom is 0.373 e. The summed E-state index contributed by atoms with van der Waals surface area (Å²) in [6, 6.07) is 10.3. The molecular formula is C17H16NO6+. The van der Waals surface area contributed by atoms with Gasteiger partial charge in [-0.1, -0.05) is 12.1 Å². The first kappa shape index (κ1) is 15.8. The molecule has 0 N–H and O–H groups in total. The van der Waals surface area contributed by atoms with Crippen molar-refractivity contribution in [3.05, 3.63) is 54.4 Å². The maximum atomic E-state index is 12.1. The molecule has 0 fully saturated rings. The lowest BCUT2D eigenvalue weighted by Gasteiger charge is -2.15. The quantitative estimate of drug-likeness (QED) is 0.605. The number of hydrogen-bond donors (Lipinski definition) is 0. The number of pyridine rings is 1. The number of benzene rings is 1. The number of esters is 2. The van der Waals surface area contributed by atoms with Crippen molar-refractivity contribution in [1.82, 2.24) is 0 Å². The number of carbonyl (C=O) groups is 2. The van der Waals surface area contributed by atoms with E-state index < -0.39 is 18.0 Å². The van der Waals surface area contributed by atoms with Crippen LogP contribution in [-0.4, -0.2) is 25.8 Å². The minimum Gasteiger partial charge on any atom is -0.466 e. The first-order valence-corrected chi connectivity index (χ1v) is 7.28. The predicted molar refractivity (Wildman–Crippen MR) is 80.1 cm³/mol. The van der Waals surface area contributed by atoms with Gasteiger partial charge in [0.15, 0.2) is 23.9 Å². The van der Waals surface area contributed by atoms with Crippen LogP contribution in [-0.2, 0) is 25.6 Å². The second kappa shape index (κ2) is 6.99. The fourth-order valence-electron chi connectivity index (χ4n) is 2.29. The average molecular weight is 330 g/mol. The highest BCUT2D eigenvalue weighted by Gasteiger charge is 2.29. The van der Waals surface area contributed by atoms with Gasteiger partial charge in [-0.25, -0.2) is 9.59 Å². The van der Waals surface area contributed by atoms with Crippen molar-refractivity contribution in [2.45, 2.75) is 12.6 Å². The topological polar surface area (TPSA) is 74.9 Å². The fraction of sp³-hybridized carbons (Fsp3) is 0.235. The molecule has 0 aliphatic carbocycles. The SMILES string of the molecule is COC(=O)C(OC(=O)C[n+]1ccccc1)c1ccc2c(c1)OCO2. The third-order valence-electron chi connectivity index (χ3n) is 3.45. The van der Waals surface area contributed by atoms with E-state index >= 15 is 0 Å². The highest BCUT2D eigenvalue weighted by Crippen LogP contribution is 2.35. The zero-order chi connectivity index (χ0) is 16.9. The number of aromatic nitrogens is 1. The number of hydrogen-bond acceptors (Lipinski definition) is 6. The summed E-state index contributed by atoms with van der Waals surface area (Å²) in [5.74, 6) is -0.150. The van der Waals surface area contributed by atoms with Crippen LogP contribution < -0.4 is 14.0 Å². The zero-order valence-corrected chi connectivity index (χ0v) is 13.0. The number of rotatable bonds is 5. The van der Waals surface area contributed by atoms with Crippen LogP contribution in [0.1, 0.15) is 11.7 Å². The third-order valence-corrected chi connectivity index (χ3v) is 3.45. The molecule has 2 heterocycles. The summed E-state index contributed by atoms with van der Waals surface area (Å²) < 4.78 is 22.2. The molecule has 3 rings (SSSR count). The second-order valence-electron chi connectivity index (χ2n) is 5.05. The van der Waals surface area contributed by atoms with Crippen LogP contribution in [0.4, 0.5) is 0 Å². The van der Waals surface area contributed by atoms with Crippen molar-refractivity contribution in [1.29, 1.82) is 0 Å². The van der Waals surface area contributed by atoms with Crippen molar-refractivity contribution < 1.29 is 33.1 Å².